The van der Waals surface area contributed by atoms with E-state index in [4.69, 9.17) is 5.73 Å². The van der Waals surface area contributed by atoms with Crippen LogP contribution in [0.5, 0.6) is 0 Å². The fraction of sp³-hybridized carbons (Fsp3) is 0.800. The number of likely N-dealkylation sites (N-methyl/N-ethyl adjacent to an activating group) is 1. The molecule has 0 aromatic carbocycles. The molecule has 0 saturated heterocycles. The predicted octanol–water partition coefficient (Wildman–Crippen LogP) is -1.37. The molecule has 1 amide bonds. The molecule has 1 unspecified atom stereocenters. The highest BCUT2D eigenvalue weighted by Crippen LogP contribution is 1.66. The van der Waals surface area contributed by atoms with E-state index in [2.05, 4.69) is 10.6 Å². The molecule has 0 aromatic heterocycles. The Kier molecular flexibility index (Phi) is 4.00. The van der Waals surface area contributed by atoms with Gasteiger partial charge >= 0.3 is 0 Å². The SMILES string of the molecule is CNCC(N)NC(C)=O. The van der Waals surface area contributed by atoms with Crippen molar-refractivity contribution < 1.29 is 4.79 Å². The summed E-state index contributed by atoms with van der Waals surface area (Å²) in [6.45, 7) is 2.04. The van der Waals surface area contributed by atoms with Gasteiger partial charge in [-0.1, -0.05) is 0 Å². The third kappa shape index (κ3) is 5.26. The molecule has 0 aliphatic heterocycles. The van der Waals surface area contributed by atoms with Crippen LogP contribution >= 0.6 is 0 Å². The van der Waals surface area contributed by atoms with Crippen LogP contribution in [0.1, 0.15) is 6.92 Å². The van der Waals surface area contributed by atoms with Crippen molar-refractivity contribution in [3.05, 3.63) is 0 Å². The highest BCUT2D eigenvalue weighted by molar-refractivity contribution is 5.73. The summed E-state index contributed by atoms with van der Waals surface area (Å²) in [6, 6.07) is 0. The Morgan fingerprint density at radius 3 is 2.67 bits per heavy atom. The number of hydrogen-bond donors (Lipinski definition) is 3. The molecule has 0 saturated carbocycles. The summed E-state index contributed by atoms with van der Waals surface area (Å²) in [6.07, 6.45) is -0.271. The third-order valence-electron chi connectivity index (χ3n) is 0.813. The van der Waals surface area contributed by atoms with Gasteiger partial charge in [-0.05, 0) is 7.05 Å². The first kappa shape index (κ1) is 8.39. The standard InChI is InChI=1S/C5H13N3O/c1-4(9)8-5(6)3-7-2/h5,7H,3,6H2,1-2H3,(H,8,9). The Bertz CT molecular complexity index is 94.2. The van der Waals surface area contributed by atoms with Crippen molar-refractivity contribution in [1.82, 2.24) is 10.6 Å². The average molecular weight is 131 g/mol. The molecule has 0 aliphatic carbocycles. The molecule has 0 aromatic rings. The molecule has 0 rings (SSSR count). The van der Waals surface area contributed by atoms with E-state index in [-0.39, 0.29) is 12.1 Å². The molecule has 0 bridgehead atoms. The van der Waals surface area contributed by atoms with Crippen LogP contribution in [0.25, 0.3) is 0 Å². The molecule has 1 atom stereocenters. The largest absolute Gasteiger partial charge is 0.340 e. The van der Waals surface area contributed by atoms with Crippen molar-refractivity contribution in [2.24, 2.45) is 5.73 Å². The van der Waals surface area contributed by atoms with Crippen molar-refractivity contribution in [2.45, 2.75) is 13.1 Å². The van der Waals surface area contributed by atoms with Gasteiger partial charge in [0.15, 0.2) is 0 Å². The Balaban J connectivity index is 3.26. The monoisotopic (exact) mass is 131 g/mol. The van der Waals surface area contributed by atoms with Gasteiger partial charge in [-0.15, -0.1) is 0 Å². The molecule has 0 heterocycles. The normalized spacial score (nSPS) is 12.8. The molecule has 0 fully saturated rings. The molecule has 0 aliphatic rings. The lowest BCUT2D eigenvalue weighted by molar-refractivity contribution is -0.119. The summed E-state index contributed by atoms with van der Waals surface area (Å²) in [4.78, 5) is 10.3. The van der Waals surface area contributed by atoms with Crippen molar-refractivity contribution in [2.75, 3.05) is 13.6 Å². The van der Waals surface area contributed by atoms with E-state index in [1.54, 1.807) is 7.05 Å². The molecule has 4 heteroatoms. The fourth-order valence-electron chi connectivity index (χ4n) is 0.532. The van der Waals surface area contributed by atoms with Gasteiger partial charge < -0.3 is 16.4 Å². The summed E-state index contributed by atoms with van der Waals surface area (Å²) in [5.41, 5.74) is 5.39. The second kappa shape index (κ2) is 4.29. The first-order chi connectivity index (χ1) is 4.16. The van der Waals surface area contributed by atoms with E-state index < -0.39 is 0 Å². The van der Waals surface area contributed by atoms with Gasteiger partial charge in [0.2, 0.25) is 5.91 Å². The lowest BCUT2D eigenvalue weighted by Gasteiger charge is -2.10. The number of carbonyl (C=O) groups is 1. The molecule has 9 heavy (non-hydrogen) atoms. The molecule has 0 spiro atoms. The fourth-order valence-corrected chi connectivity index (χ4v) is 0.532. The first-order valence-corrected chi connectivity index (χ1v) is 2.84. The van der Waals surface area contributed by atoms with Crippen molar-refractivity contribution >= 4 is 5.91 Å². The maximum Gasteiger partial charge on any atom is 0.218 e. The van der Waals surface area contributed by atoms with Gasteiger partial charge in [-0.2, -0.15) is 0 Å². The number of carbonyl (C=O) groups excluding carboxylic acids is 1. The summed E-state index contributed by atoms with van der Waals surface area (Å²) >= 11 is 0. The predicted molar refractivity (Wildman–Crippen MR) is 35.7 cm³/mol. The zero-order chi connectivity index (χ0) is 7.28. The minimum Gasteiger partial charge on any atom is -0.340 e. The second-order valence-electron chi connectivity index (χ2n) is 1.86. The number of nitrogens with two attached hydrogens (primary N) is 1. The smallest absolute Gasteiger partial charge is 0.218 e. The quantitative estimate of drug-likeness (QED) is 0.414. The Morgan fingerprint density at radius 2 is 2.33 bits per heavy atom. The maximum atomic E-state index is 10.3. The van der Waals surface area contributed by atoms with Gasteiger partial charge in [0.25, 0.3) is 0 Å². The highest BCUT2D eigenvalue weighted by atomic mass is 16.1. The Labute approximate surface area is 54.8 Å². The average Bonchev–Trinajstić information content (AvgIpc) is 1.63. The van der Waals surface area contributed by atoms with E-state index in [1.807, 2.05) is 0 Å². The van der Waals surface area contributed by atoms with Crippen LogP contribution in [0.3, 0.4) is 0 Å². The molecular weight excluding hydrogens is 118 g/mol. The van der Waals surface area contributed by atoms with Gasteiger partial charge in [0.1, 0.15) is 0 Å². The van der Waals surface area contributed by atoms with Crippen LogP contribution in [0, 0.1) is 0 Å². The van der Waals surface area contributed by atoms with Gasteiger partial charge in [-0.25, -0.2) is 0 Å². The molecular formula is C5H13N3O. The van der Waals surface area contributed by atoms with Crippen molar-refractivity contribution in [3.63, 3.8) is 0 Å². The van der Waals surface area contributed by atoms with E-state index in [0.29, 0.717) is 6.54 Å². The lowest BCUT2D eigenvalue weighted by Crippen LogP contribution is -2.46. The minimum absolute atomic E-state index is 0.0993. The van der Waals surface area contributed by atoms with Crippen LogP contribution in [-0.2, 0) is 4.79 Å². The maximum absolute atomic E-state index is 10.3. The van der Waals surface area contributed by atoms with Crippen LogP contribution in [0.2, 0.25) is 0 Å². The summed E-state index contributed by atoms with van der Waals surface area (Å²) in [5.74, 6) is -0.0993. The summed E-state index contributed by atoms with van der Waals surface area (Å²) in [7, 11) is 1.78. The summed E-state index contributed by atoms with van der Waals surface area (Å²) < 4.78 is 0. The zero-order valence-electron chi connectivity index (χ0n) is 5.77. The topological polar surface area (TPSA) is 67.2 Å². The highest BCUT2D eigenvalue weighted by Gasteiger charge is 1.99. The van der Waals surface area contributed by atoms with E-state index in [1.165, 1.54) is 6.92 Å². The Hall–Kier alpha value is -0.610. The van der Waals surface area contributed by atoms with E-state index >= 15 is 0 Å². The number of nitrogens with one attached hydrogen (secondary N) is 2. The van der Waals surface area contributed by atoms with Crippen molar-refractivity contribution in [3.8, 4) is 0 Å². The van der Waals surface area contributed by atoms with E-state index in [9.17, 15) is 4.79 Å². The molecule has 4 nitrogen and oxygen atoms in total. The van der Waals surface area contributed by atoms with E-state index in [0.717, 1.165) is 0 Å². The number of rotatable bonds is 3. The number of amides is 1. The van der Waals surface area contributed by atoms with Crippen LogP contribution in [0.4, 0.5) is 0 Å². The zero-order valence-corrected chi connectivity index (χ0v) is 5.77. The van der Waals surface area contributed by atoms with Crippen molar-refractivity contribution in [1.29, 1.82) is 0 Å². The van der Waals surface area contributed by atoms with Gasteiger partial charge in [0.05, 0.1) is 6.17 Å². The van der Waals surface area contributed by atoms with Crippen LogP contribution in [0.15, 0.2) is 0 Å². The van der Waals surface area contributed by atoms with Crippen LogP contribution in [-0.4, -0.2) is 25.7 Å². The lowest BCUT2D eigenvalue weighted by atomic mass is 10.5. The second-order valence-corrected chi connectivity index (χ2v) is 1.86. The molecule has 0 radical (unpaired) electrons. The third-order valence-corrected chi connectivity index (χ3v) is 0.813. The molecule has 54 valence electrons. The Morgan fingerprint density at radius 1 is 1.78 bits per heavy atom. The first-order valence-electron chi connectivity index (χ1n) is 2.84. The number of hydrogen-bond acceptors (Lipinski definition) is 3. The van der Waals surface area contributed by atoms with Gasteiger partial charge in [0, 0.05) is 13.5 Å². The van der Waals surface area contributed by atoms with Crippen LogP contribution < -0.4 is 16.4 Å². The summed E-state index contributed by atoms with van der Waals surface area (Å²) in [5, 5.41) is 5.35. The minimum atomic E-state index is -0.271. The van der Waals surface area contributed by atoms with Gasteiger partial charge in [-0.3, -0.25) is 4.79 Å². The molecule has 4 N–H and O–H groups in total.